The quantitative estimate of drug-likeness (QED) is 0.800. The summed E-state index contributed by atoms with van der Waals surface area (Å²) in [5.41, 5.74) is -1.79. The van der Waals surface area contributed by atoms with Crippen molar-refractivity contribution in [3.05, 3.63) is 0 Å². The molecule has 24 heavy (non-hydrogen) atoms. The lowest BCUT2D eigenvalue weighted by Gasteiger charge is -2.35. The van der Waals surface area contributed by atoms with E-state index in [9.17, 15) is 19.5 Å². The highest BCUT2D eigenvalue weighted by molar-refractivity contribution is 5.92. The van der Waals surface area contributed by atoms with E-state index < -0.39 is 29.2 Å². The van der Waals surface area contributed by atoms with E-state index in [1.54, 1.807) is 20.8 Å². The van der Waals surface area contributed by atoms with E-state index in [1.807, 2.05) is 13.8 Å². The van der Waals surface area contributed by atoms with E-state index in [1.165, 1.54) is 23.9 Å². The smallest absolute Gasteiger partial charge is 0.410 e. The second-order valence-corrected chi connectivity index (χ2v) is 7.97. The minimum absolute atomic E-state index is 0.164. The molecule has 0 aromatic carbocycles. The highest BCUT2D eigenvalue weighted by Crippen LogP contribution is 2.41. The first-order chi connectivity index (χ1) is 10.8. The van der Waals surface area contributed by atoms with Gasteiger partial charge in [0.05, 0.1) is 0 Å². The topological polar surface area (TPSA) is 87.2 Å². The second kappa shape index (κ2) is 6.99. The van der Waals surface area contributed by atoms with Crippen LogP contribution in [0.15, 0.2) is 0 Å². The number of carbonyl (C=O) groups is 3. The van der Waals surface area contributed by atoms with Crippen LogP contribution in [0.3, 0.4) is 0 Å². The number of likely N-dealkylation sites (N-methyl/N-ethyl adjacent to an activating group) is 2. The normalized spacial score (nSPS) is 17.2. The molecule has 0 aromatic rings. The van der Waals surface area contributed by atoms with Gasteiger partial charge in [0, 0.05) is 14.1 Å². The van der Waals surface area contributed by atoms with Crippen LogP contribution in [0.5, 0.6) is 0 Å². The minimum Gasteiger partial charge on any atom is -0.479 e. The van der Waals surface area contributed by atoms with Crippen LogP contribution >= 0.6 is 0 Å². The first kappa shape index (κ1) is 20.3. The fraction of sp³-hybridized carbons (Fsp3) is 0.824. The molecule has 1 N–H and O–H groups in total. The molecule has 1 aliphatic rings. The van der Waals surface area contributed by atoms with Gasteiger partial charge in [-0.3, -0.25) is 9.69 Å². The van der Waals surface area contributed by atoms with E-state index in [4.69, 9.17) is 4.74 Å². The van der Waals surface area contributed by atoms with Crippen LogP contribution in [0.4, 0.5) is 4.79 Å². The molecule has 0 saturated heterocycles. The summed E-state index contributed by atoms with van der Waals surface area (Å²) in [4.78, 5) is 39.2. The number of nitrogens with zero attached hydrogens (tertiary/aromatic N) is 2. The summed E-state index contributed by atoms with van der Waals surface area (Å²) in [7, 11) is 3.02. The molecule has 7 heteroatoms. The van der Waals surface area contributed by atoms with Crippen molar-refractivity contribution in [1.29, 1.82) is 0 Å². The molecule has 0 aliphatic heterocycles. The summed E-state index contributed by atoms with van der Waals surface area (Å²) in [6.45, 7) is 9.18. The van der Waals surface area contributed by atoms with Gasteiger partial charge in [0.25, 0.3) is 0 Å². The van der Waals surface area contributed by atoms with E-state index >= 15 is 0 Å². The Balaban J connectivity index is 2.97. The Hall–Kier alpha value is -1.79. The molecule has 1 saturated carbocycles. The predicted molar refractivity (Wildman–Crippen MR) is 89.6 cm³/mol. The van der Waals surface area contributed by atoms with Crippen LogP contribution in [-0.4, -0.2) is 64.2 Å². The molecule has 7 nitrogen and oxygen atoms in total. The summed E-state index contributed by atoms with van der Waals surface area (Å²) in [5, 5.41) is 9.39. The monoisotopic (exact) mass is 342 g/mol. The minimum atomic E-state index is -1.12. The first-order valence-corrected chi connectivity index (χ1v) is 8.28. The molecule has 0 unspecified atom stereocenters. The number of hydrogen-bond acceptors (Lipinski definition) is 4. The fourth-order valence-corrected chi connectivity index (χ4v) is 2.58. The molecular formula is C17H30N2O5. The number of ether oxygens (including phenoxy) is 1. The van der Waals surface area contributed by atoms with Gasteiger partial charge in [-0.15, -0.1) is 0 Å². The van der Waals surface area contributed by atoms with Crippen LogP contribution in [0.2, 0.25) is 0 Å². The standard InChI is InChI=1S/C17H30N2O5/c1-11(2)10-12(18(6)15(23)24-16(3,4)5)13(20)19(7)17(8-9-17)14(21)22/h11-12H,8-10H2,1-7H3,(H,21,22)/t12-/m0/s1. The van der Waals surface area contributed by atoms with Gasteiger partial charge in [-0.1, -0.05) is 13.8 Å². The van der Waals surface area contributed by atoms with Gasteiger partial charge in [0.2, 0.25) is 5.91 Å². The Kier molecular flexibility index (Phi) is 5.90. The molecule has 1 atom stereocenters. The van der Waals surface area contributed by atoms with E-state index in [2.05, 4.69) is 0 Å². The maximum absolute atomic E-state index is 12.9. The number of aliphatic carboxylic acids is 1. The van der Waals surface area contributed by atoms with Crippen LogP contribution in [0.1, 0.15) is 53.9 Å². The molecule has 0 heterocycles. The number of carboxylic acids is 1. The summed E-state index contributed by atoms with van der Waals surface area (Å²) in [6.07, 6.45) is 0.730. The van der Waals surface area contributed by atoms with Crippen LogP contribution < -0.4 is 0 Å². The molecule has 0 bridgehead atoms. The van der Waals surface area contributed by atoms with Crippen molar-refractivity contribution >= 4 is 18.0 Å². The third kappa shape index (κ3) is 4.61. The zero-order valence-corrected chi connectivity index (χ0v) is 15.8. The summed E-state index contributed by atoms with van der Waals surface area (Å²) in [6, 6.07) is -0.748. The first-order valence-electron chi connectivity index (χ1n) is 8.28. The third-order valence-corrected chi connectivity index (χ3v) is 4.22. The van der Waals surface area contributed by atoms with Gasteiger partial charge in [0.1, 0.15) is 17.2 Å². The Morgan fingerprint density at radius 3 is 2.00 bits per heavy atom. The Bertz CT molecular complexity index is 506. The lowest BCUT2D eigenvalue weighted by atomic mass is 10.0. The number of hydrogen-bond donors (Lipinski definition) is 1. The maximum Gasteiger partial charge on any atom is 0.410 e. The predicted octanol–water partition coefficient (Wildman–Crippen LogP) is 2.34. The average molecular weight is 342 g/mol. The third-order valence-electron chi connectivity index (χ3n) is 4.22. The van der Waals surface area contributed by atoms with Crippen molar-refractivity contribution in [2.45, 2.75) is 71.1 Å². The van der Waals surface area contributed by atoms with Crippen molar-refractivity contribution in [2.24, 2.45) is 5.92 Å². The molecule has 0 radical (unpaired) electrons. The zero-order chi connectivity index (χ0) is 18.9. The maximum atomic E-state index is 12.9. The van der Waals surface area contributed by atoms with E-state index in [0.29, 0.717) is 19.3 Å². The summed E-state index contributed by atoms with van der Waals surface area (Å²) < 4.78 is 5.34. The molecule has 0 aromatic heterocycles. The molecular weight excluding hydrogens is 312 g/mol. The van der Waals surface area contributed by atoms with Crippen molar-refractivity contribution in [3.8, 4) is 0 Å². The molecule has 2 amide bonds. The second-order valence-electron chi connectivity index (χ2n) is 7.97. The average Bonchev–Trinajstić information content (AvgIpc) is 3.21. The van der Waals surface area contributed by atoms with Crippen LogP contribution in [0, 0.1) is 5.92 Å². The molecule has 0 spiro atoms. The van der Waals surface area contributed by atoms with Gasteiger partial charge in [0.15, 0.2) is 0 Å². The molecule has 1 aliphatic carbocycles. The van der Waals surface area contributed by atoms with Gasteiger partial charge in [-0.25, -0.2) is 9.59 Å². The van der Waals surface area contributed by atoms with Crippen molar-refractivity contribution in [3.63, 3.8) is 0 Å². The lowest BCUT2D eigenvalue weighted by molar-refractivity contribution is -0.153. The van der Waals surface area contributed by atoms with Gasteiger partial charge in [-0.2, -0.15) is 0 Å². The number of carboxylic acid groups (broad SMARTS) is 1. The molecule has 1 rings (SSSR count). The number of carbonyl (C=O) groups excluding carboxylic acids is 2. The number of rotatable bonds is 6. The highest BCUT2D eigenvalue weighted by Gasteiger charge is 2.56. The number of amides is 2. The molecule has 138 valence electrons. The van der Waals surface area contributed by atoms with Gasteiger partial charge < -0.3 is 14.7 Å². The Morgan fingerprint density at radius 1 is 1.17 bits per heavy atom. The highest BCUT2D eigenvalue weighted by atomic mass is 16.6. The zero-order valence-electron chi connectivity index (χ0n) is 15.8. The largest absolute Gasteiger partial charge is 0.479 e. The van der Waals surface area contributed by atoms with Gasteiger partial charge in [-0.05, 0) is 46.0 Å². The van der Waals surface area contributed by atoms with E-state index in [0.717, 1.165) is 0 Å². The van der Waals surface area contributed by atoms with Crippen LogP contribution in [-0.2, 0) is 14.3 Å². The van der Waals surface area contributed by atoms with Crippen molar-refractivity contribution in [2.75, 3.05) is 14.1 Å². The Labute approximate surface area is 143 Å². The van der Waals surface area contributed by atoms with Crippen molar-refractivity contribution in [1.82, 2.24) is 9.80 Å². The Morgan fingerprint density at radius 2 is 1.67 bits per heavy atom. The summed E-state index contributed by atoms with van der Waals surface area (Å²) in [5.74, 6) is -1.20. The molecule has 1 fully saturated rings. The lowest BCUT2D eigenvalue weighted by Crippen LogP contribution is -2.54. The van der Waals surface area contributed by atoms with Crippen molar-refractivity contribution < 1.29 is 24.2 Å². The van der Waals surface area contributed by atoms with Gasteiger partial charge >= 0.3 is 12.1 Å². The van der Waals surface area contributed by atoms with Crippen LogP contribution in [0.25, 0.3) is 0 Å². The fourth-order valence-electron chi connectivity index (χ4n) is 2.58. The van der Waals surface area contributed by atoms with E-state index in [-0.39, 0.29) is 11.8 Å². The summed E-state index contributed by atoms with van der Waals surface area (Å²) >= 11 is 0. The SMILES string of the molecule is CC(C)C[C@@H](C(=O)N(C)C1(C(=O)O)CC1)N(C)C(=O)OC(C)(C)C.